The van der Waals surface area contributed by atoms with Gasteiger partial charge in [0.15, 0.2) is 0 Å². The molecule has 0 aliphatic heterocycles. The van der Waals surface area contributed by atoms with Gasteiger partial charge in [0, 0.05) is 23.5 Å². The van der Waals surface area contributed by atoms with Crippen LogP contribution in [0.2, 0.25) is 0 Å². The predicted molar refractivity (Wildman–Crippen MR) is 164 cm³/mol. The minimum absolute atomic E-state index is 0.304. The van der Waals surface area contributed by atoms with Crippen molar-refractivity contribution < 1.29 is 4.79 Å². The normalized spacial score (nSPS) is 17.2. The number of aryl methyl sites for hydroxylation is 2. The molecule has 1 amide bonds. The maximum Gasteiger partial charge on any atom is 0.340 e. The van der Waals surface area contributed by atoms with Gasteiger partial charge in [0.2, 0.25) is 5.91 Å². The van der Waals surface area contributed by atoms with Crippen molar-refractivity contribution in [3.05, 3.63) is 105 Å². The summed E-state index contributed by atoms with van der Waals surface area (Å²) >= 11 is 0. The zero-order chi connectivity index (χ0) is 30.4. The second kappa shape index (κ2) is 12.9. The van der Waals surface area contributed by atoms with Crippen molar-refractivity contribution >= 4 is 11.6 Å². The van der Waals surface area contributed by atoms with Crippen molar-refractivity contribution in [2.24, 2.45) is 17.4 Å². The van der Waals surface area contributed by atoms with E-state index in [1.54, 1.807) is 6.07 Å². The molecular formula is C32H40N8O2. The van der Waals surface area contributed by atoms with E-state index in [0.29, 0.717) is 55.4 Å². The minimum atomic E-state index is -0.863. The number of nitrogens with zero attached hydrogens (tertiary/aromatic N) is 2. The van der Waals surface area contributed by atoms with Crippen LogP contribution in [0.5, 0.6) is 0 Å². The summed E-state index contributed by atoms with van der Waals surface area (Å²) < 4.78 is 0. The first-order valence-electron chi connectivity index (χ1n) is 14.3. The number of nitriles is 1. The molecule has 10 nitrogen and oxygen atoms in total. The number of carbonyl (C=O) groups excluding carboxylic acids is 1. The average Bonchev–Trinajstić information content (AvgIpc) is 3.36. The van der Waals surface area contributed by atoms with Crippen LogP contribution in [0.15, 0.2) is 60.0 Å². The number of fused-ring (bicyclic) bond motifs is 2. The van der Waals surface area contributed by atoms with Gasteiger partial charge in [-0.05, 0) is 84.2 Å². The molecule has 8 N–H and O–H groups in total. The average molecular weight is 569 g/mol. The molecule has 3 aromatic rings. The summed E-state index contributed by atoms with van der Waals surface area (Å²) in [6.45, 7) is 13.3. The number of hydrogen-bond acceptors (Lipinski definition) is 7. The number of carbonyl (C=O) groups is 1. The Morgan fingerprint density at radius 2 is 1.79 bits per heavy atom. The molecule has 4 rings (SSSR count). The predicted octanol–water partition coefficient (Wildman–Crippen LogP) is 2.97. The molecule has 1 heterocycles. The molecule has 1 aliphatic rings. The Labute approximate surface area is 246 Å². The molecule has 0 radical (unpaired) electrons. The SMILES string of the molecule is C=C(CNCCC1(c2n[nH]c(=O)[nH]2)c2ccc(C(=C)N)cc2CCc2cc(C(N)=O)ccc21)NC(C#N)C[C@@H](C)CC. The van der Waals surface area contributed by atoms with E-state index < -0.39 is 17.0 Å². The Morgan fingerprint density at radius 1 is 1.14 bits per heavy atom. The van der Waals surface area contributed by atoms with Crippen molar-refractivity contribution in [1.82, 2.24) is 25.8 Å². The van der Waals surface area contributed by atoms with Crippen LogP contribution in [0.3, 0.4) is 0 Å². The molecule has 220 valence electrons. The third-order valence-corrected chi connectivity index (χ3v) is 8.24. The third kappa shape index (κ3) is 6.31. The molecule has 10 heteroatoms. The Balaban J connectivity index is 1.72. The van der Waals surface area contributed by atoms with Gasteiger partial charge in [-0.15, -0.1) is 0 Å². The maximum atomic E-state index is 12.4. The minimum Gasteiger partial charge on any atom is -0.399 e. The summed E-state index contributed by atoms with van der Waals surface area (Å²) in [7, 11) is 0. The Hall–Kier alpha value is -4.62. The lowest BCUT2D eigenvalue weighted by molar-refractivity contribution is 0.1000. The van der Waals surface area contributed by atoms with E-state index >= 15 is 0 Å². The zero-order valence-electron chi connectivity index (χ0n) is 24.3. The van der Waals surface area contributed by atoms with Crippen LogP contribution in [0.25, 0.3) is 5.70 Å². The second-order valence-electron chi connectivity index (χ2n) is 11.2. The first-order chi connectivity index (χ1) is 20.1. The van der Waals surface area contributed by atoms with Crippen LogP contribution in [-0.2, 0) is 18.3 Å². The highest BCUT2D eigenvalue weighted by Crippen LogP contribution is 2.46. The largest absolute Gasteiger partial charge is 0.399 e. The first kappa shape index (κ1) is 30.3. The third-order valence-electron chi connectivity index (χ3n) is 8.24. The maximum absolute atomic E-state index is 12.4. The monoisotopic (exact) mass is 568 g/mol. The summed E-state index contributed by atoms with van der Waals surface area (Å²) in [6.07, 6.45) is 3.61. The van der Waals surface area contributed by atoms with Gasteiger partial charge in [0.05, 0.1) is 11.5 Å². The van der Waals surface area contributed by atoms with Crippen molar-refractivity contribution in [2.75, 3.05) is 13.1 Å². The Morgan fingerprint density at radius 3 is 2.33 bits per heavy atom. The quantitative estimate of drug-likeness (QED) is 0.172. The fourth-order valence-electron chi connectivity index (χ4n) is 5.84. The number of primary amides is 1. The second-order valence-corrected chi connectivity index (χ2v) is 11.2. The number of benzene rings is 2. The first-order valence-corrected chi connectivity index (χ1v) is 14.3. The fourth-order valence-corrected chi connectivity index (χ4v) is 5.84. The van der Waals surface area contributed by atoms with Gasteiger partial charge in [0.25, 0.3) is 0 Å². The highest BCUT2D eigenvalue weighted by molar-refractivity contribution is 5.93. The molecule has 0 spiro atoms. The Kier molecular flexibility index (Phi) is 9.33. The van der Waals surface area contributed by atoms with Gasteiger partial charge < -0.3 is 22.1 Å². The zero-order valence-corrected chi connectivity index (χ0v) is 24.3. The molecule has 0 saturated heterocycles. The molecule has 0 bridgehead atoms. The van der Waals surface area contributed by atoms with E-state index in [9.17, 15) is 14.9 Å². The molecular weight excluding hydrogens is 528 g/mol. The molecule has 0 fully saturated rings. The lowest BCUT2D eigenvalue weighted by atomic mass is 9.69. The van der Waals surface area contributed by atoms with Gasteiger partial charge >= 0.3 is 5.69 Å². The van der Waals surface area contributed by atoms with E-state index in [1.807, 2.05) is 30.3 Å². The van der Waals surface area contributed by atoms with Crippen LogP contribution >= 0.6 is 0 Å². The lowest BCUT2D eigenvalue weighted by Crippen LogP contribution is -2.38. The van der Waals surface area contributed by atoms with E-state index in [4.69, 9.17) is 11.5 Å². The summed E-state index contributed by atoms with van der Waals surface area (Å²) in [5.74, 6) is 0.401. The topological polar surface area (TPSA) is 178 Å². The van der Waals surface area contributed by atoms with Crippen LogP contribution in [0, 0.1) is 17.2 Å². The molecule has 3 atom stereocenters. The molecule has 0 saturated carbocycles. The van der Waals surface area contributed by atoms with E-state index in [1.165, 1.54) is 0 Å². The van der Waals surface area contributed by atoms with E-state index in [-0.39, 0.29) is 6.04 Å². The highest BCUT2D eigenvalue weighted by atomic mass is 16.1. The van der Waals surface area contributed by atoms with Crippen LogP contribution in [0.4, 0.5) is 0 Å². The number of H-pyrrole nitrogens is 2. The van der Waals surface area contributed by atoms with Crippen LogP contribution in [-0.4, -0.2) is 40.2 Å². The number of nitrogens with one attached hydrogen (secondary N) is 4. The lowest BCUT2D eigenvalue weighted by Gasteiger charge is -2.35. The number of rotatable bonds is 13. The van der Waals surface area contributed by atoms with Crippen molar-refractivity contribution in [3.63, 3.8) is 0 Å². The van der Waals surface area contributed by atoms with Gasteiger partial charge in [-0.1, -0.05) is 51.6 Å². The fraction of sp³-hybridized carbons (Fsp3) is 0.375. The smallest absolute Gasteiger partial charge is 0.340 e. The number of aromatic nitrogens is 3. The highest BCUT2D eigenvalue weighted by Gasteiger charge is 2.43. The van der Waals surface area contributed by atoms with Crippen LogP contribution < -0.4 is 27.8 Å². The van der Waals surface area contributed by atoms with Crippen molar-refractivity contribution in [3.8, 4) is 6.07 Å². The van der Waals surface area contributed by atoms with E-state index in [2.05, 4.69) is 58.9 Å². The summed E-state index contributed by atoms with van der Waals surface area (Å²) in [5, 5.41) is 23.3. The van der Waals surface area contributed by atoms with Crippen LogP contribution in [0.1, 0.15) is 77.1 Å². The van der Waals surface area contributed by atoms with Crippen molar-refractivity contribution in [1.29, 1.82) is 5.26 Å². The van der Waals surface area contributed by atoms with E-state index in [0.717, 1.165) is 46.4 Å². The van der Waals surface area contributed by atoms with Gasteiger partial charge in [-0.25, -0.2) is 9.89 Å². The van der Waals surface area contributed by atoms with Gasteiger partial charge in [0.1, 0.15) is 11.9 Å². The number of hydrogen-bond donors (Lipinski definition) is 6. The summed E-state index contributed by atoms with van der Waals surface area (Å²) in [5.41, 5.74) is 16.8. The Bertz CT molecular complexity index is 1510. The van der Waals surface area contributed by atoms with Gasteiger partial charge in [-0.3, -0.25) is 9.78 Å². The summed E-state index contributed by atoms with van der Waals surface area (Å²) in [4.78, 5) is 27.4. The molecule has 2 aromatic carbocycles. The molecule has 2 unspecified atom stereocenters. The standard InChI is InChI=1S/C32H40N8O2/c1-5-19(2)14-26(17-33)37-20(3)18-36-13-12-32(30-38-31(42)40-39-30)27-10-8-22(21(4)34)15-23(27)6-7-24-16-25(29(35)41)9-11-28(24)32/h8-11,15-16,19,26,36-37H,3-7,12-14,18,34H2,1-2H3,(H2,35,41)(H2,38,39,40,42)/t19-,26?,32?/m0/s1. The number of amides is 1. The van der Waals surface area contributed by atoms with Crippen molar-refractivity contribution in [2.45, 2.75) is 57.4 Å². The molecule has 42 heavy (non-hydrogen) atoms. The number of aromatic amines is 2. The molecule has 1 aromatic heterocycles. The van der Waals surface area contributed by atoms with Gasteiger partial charge in [-0.2, -0.15) is 10.4 Å². The number of nitrogens with two attached hydrogens (primary N) is 2. The summed E-state index contributed by atoms with van der Waals surface area (Å²) in [6, 6.07) is 13.5. The molecule has 1 aliphatic carbocycles.